The second kappa shape index (κ2) is 3.67. The van der Waals surface area contributed by atoms with Gasteiger partial charge in [-0.05, 0) is 32.9 Å². The molecule has 0 amide bonds. The molecule has 4 nitrogen and oxygen atoms in total. The molecule has 2 atom stereocenters. The fourth-order valence-corrected chi connectivity index (χ4v) is 2.27. The first kappa shape index (κ1) is 10.2. The van der Waals surface area contributed by atoms with Gasteiger partial charge in [0.05, 0.1) is 17.8 Å². The monoisotopic (exact) mass is 204 g/mol. The number of aryl methyl sites for hydroxylation is 1. The molecule has 1 saturated carbocycles. The predicted molar refractivity (Wildman–Crippen MR) is 57.3 cm³/mol. The molecule has 0 spiro atoms. The Balaban J connectivity index is 2.14. The van der Waals surface area contributed by atoms with Crippen molar-refractivity contribution in [1.82, 2.24) is 15.1 Å². The summed E-state index contributed by atoms with van der Waals surface area (Å²) in [6.07, 6.45) is 4.78. The first-order valence-electron chi connectivity index (χ1n) is 5.31. The molecule has 80 valence electrons. The number of nitrogens with one attached hydrogen (secondary N) is 1. The lowest BCUT2D eigenvalue weighted by atomic mass is 10.0. The van der Waals surface area contributed by atoms with E-state index in [0.29, 0.717) is 6.04 Å². The number of hydrogen-bond acceptors (Lipinski definition) is 3. The van der Waals surface area contributed by atoms with Crippen LogP contribution < -0.4 is 5.32 Å². The van der Waals surface area contributed by atoms with Crippen molar-refractivity contribution >= 4 is 0 Å². The van der Waals surface area contributed by atoms with Crippen LogP contribution in [0.1, 0.15) is 31.0 Å². The van der Waals surface area contributed by atoms with E-state index in [9.17, 15) is 0 Å². The van der Waals surface area contributed by atoms with Gasteiger partial charge in [-0.3, -0.25) is 4.68 Å². The summed E-state index contributed by atoms with van der Waals surface area (Å²) in [6, 6.07) is 4.75. The Labute approximate surface area is 89.9 Å². The van der Waals surface area contributed by atoms with Crippen LogP contribution in [0, 0.1) is 18.3 Å². The summed E-state index contributed by atoms with van der Waals surface area (Å²) < 4.78 is 1.99. The highest BCUT2D eigenvalue weighted by molar-refractivity contribution is 5.12. The Kier molecular flexibility index (Phi) is 2.49. The van der Waals surface area contributed by atoms with Crippen molar-refractivity contribution in [3.8, 4) is 6.07 Å². The smallest absolute Gasteiger partial charge is 0.108 e. The van der Waals surface area contributed by atoms with Crippen molar-refractivity contribution in [3.05, 3.63) is 18.0 Å². The summed E-state index contributed by atoms with van der Waals surface area (Å²) in [7, 11) is 1.86. The van der Waals surface area contributed by atoms with E-state index in [1.165, 1.54) is 0 Å². The van der Waals surface area contributed by atoms with Crippen molar-refractivity contribution in [2.45, 2.75) is 37.8 Å². The average Bonchev–Trinajstić information content (AvgIpc) is 2.84. The minimum Gasteiger partial charge on any atom is -0.302 e. The topological polar surface area (TPSA) is 53.6 Å². The minimum absolute atomic E-state index is 0.343. The van der Waals surface area contributed by atoms with Gasteiger partial charge in [0.2, 0.25) is 0 Å². The summed E-state index contributed by atoms with van der Waals surface area (Å²) in [5, 5.41) is 16.7. The van der Waals surface area contributed by atoms with Gasteiger partial charge in [-0.1, -0.05) is 0 Å². The minimum atomic E-state index is -0.343. The van der Waals surface area contributed by atoms with Crippen LogP contribution in [-0.4, -0.2) is 22.4 Å². The molecule has 1 aliphatic rings. The molecule has 1 heterocycles. The molecular weight excluding hydrogens is 188 g/mol. The SMILES string of the molecule is CNC1(C#N)CCC(n2ccc(C)n2)C1. The number of nitrogens with zero attached hydrogens (tertiary/aromatic N) is 3. The van der Waals surface area contributed by atoms with Crippen molar-refractivity contribution in [3.63, 3.8) is 0 Å². The largest absolute Gasteiger partial charge is 0.302 e. The van der Waals surface area contributed by atoms with E-state index < -0.39 is 0 Å². The molecule has 0 saturated heterocycles. The first-order chi connectivity index (χ1) is 7.19. The van der Waals surface area contributed by atoms with Gasteiger partial charge in [0.1, 0.15) is 5.54 Å². The molecule has 0 aliphatic heterocycles. The van der Waals surface area contributed by atoms with Gasteiger partial charge in [0.15, 0.2) is 0 Å². The molecule has 15 heavy (non-hydrogen) atoms. The molecular formula is C11H16N4. The van der Waals surface area contributed by atoms with Gasteiger partial charge in [-0.2, -0.15) is 10.4 Å². The number of hydrogen-bond donors (Lipinski definition) is 1. The molecule has 1 aromatic rings. The van der Waals surface area contributed by atoms with Crippen LogP contribution in [0.25, 0.3) is 0 Å². The zero-order valence-corrected chi connectivity index (χ0v) is 9.20. The molecule has 0 radical (unpaired) electrons. The van der Waals surface area contributed by atoms with Crippen LogP contribution in [0.5, 0.6) is 0 Å². The molecule has 4 heteroatoms. The van der Waals surface area contributed by atoms with E-state index in [-0.39, 0.29) is 5.54 Å². The van der Waals surface area contributed by atoms with Crippen molar-refractivity contribution in [2.75, 3.05) is 7.05 Å². The maximum atomic E-state index is 9.14. The second-order valence-corrected chi connectivity index (χ2v) is 4.28. The molecule has 2 rings (SSSR count). The first-order valence-corrected chi connectivity index (χ1v) is 5.31. The molecule has 1 N–H and O–H groups in total. The summed E-state index contributed by atoms with van der Waals surface area (Å²) in [6.45, 7) is 1.99. The number of nitriles is 1. The molecule has 1 aromatic heterocycles. The third kappa shape index (κ3) is 1.75. The summed E-state index contributed by atoms with van der Waals surface area (Å²) in [5.41, 5.74) is 0.693. The van der Waals surface area contributed by atoms with Gasteiger partial charge in [0.25, 0.3) is 0 Å². The molecule has 2 unspecified atom stereocenters. The van der Waals surface area contributed by atoms with Crippen LogP contribution >= 0.6 is 0 Å². The van der Waals surface area contributed by atoms with E-state index in [1.807, 2.05) is 30.9 Å². The summed E-state index contributed by atoms with van der Waals surface area (Å²) >= 11 is 0. The van der Waals surface area contributed by atoms with E-state index in [2.05, 4.69) is 16.5 Å². The molecule has 0 bridgehead atoms. The lowest BCUT2D eigenvalue weighted by Gasteiger charge is -2.19. The lowest BCUT2D eigenvalue weighted by molar-refractivity contribution is 0.409. The second-order valence-electron chi connectivity index (χ2n) is 4.28. The van der Waals surface area contributed by atoms with Gasteiger partial charge in [0, 0.05) is 12.6 Å². The van der Waals surface area contributed by atoms with Gasteiger partial charge >= 0.3 is 0 Å². The highest BCUT2D eigenvalue weighted by Gasteiger charge is 2.39. The zero-order valence-electron chi connectivity index (χ0n) is 9.20. The highest BCUT2D eigenvalue weighted by atomic mass is 15.3. The molecule has 1 fully saturated rings. The Morgan fingerprint density at radius 1 is 1.73 bits per heavy atom. The van der Waals surface area contributed by atoms with Crippen molar-refractivity contribution in [2.24, 2.45) is 0 Å². The molecule has 1 aliphatic carbocycles. The predicted octanol–water partition coefficient (Wildman–Crippen LogP) is 1.40. The van der Waals surface area contributed by atoms with Gasteiger partial charge in [-0.25, -0.2) is 0 Å². The van der Waals surface area contributed by atoms with E-state index in [0.717, 1.165) is 25.0 Å². The maximum absolute atomic E-state index is 9.14. The fraction of sp³-hybridized carbons (Fsp3) is 0.636. The highest BCUT2D eigenvalue weighted by Crippen LogP contribution is 2.36. The van der Waals surface area contributed by atoms with Gasteiger partial charge < -0.3 is 5.32 Å². The summed E-state index contributed by atoms with van der Waals surface area (Å²) in [5.74, 6) is 0. The third-order valence-electron chi connectivity index (χ3n) is 3.30. The van der Waals surface area contributed by atoms with Crippen LogP contribution in [0.2, 0.25) is 0 Å². The Morgan fingerprint density at radius 2 is 2.53 bits per heavy atom. The van der Waals surface area contributed by atoms with Gasteiger partial charge in [-0.15, -0.1) is 0 Å². The average molecular weight is 204 g/mol. The quantitative estimate of drug-likeness (QED) is 0.792. The van der Waals surface area contributed by atoms with Crippen LogP contribution in [0.15, 0.2) is 12.3 Å². The Hall–Kier alpha value is -1.34. The third-order valence-corrected chi connectivity index (χ3v) is 3.30. The van der Waals surface area contributed by atoms with E-state index >= 15 is 0 Å². The standard InChI is InChI=1S/C11H16N4/c1-9-4-6-15(14-9)10-3-5-11(7-10,8-12)13-2/h4,6,10,13H,3,5,7H2,1-2H3. The van der Waals surface area contributed by atoms with E-state index in [4.69, 9.17) is 5.26 Å². The number of aromatic nitrogens is 2. The maximum Gasteiger partial charge on any atom is 0.108 e. The summed E-state index contributed by atoms with van der Waals surface area (Å²) in [4.78, 5) is 0. The molecule has 0 aromatic carbocycles. The van der Waals surface area contributed by atoms with Crippen molar-refractivity contribution in [1.29, 1.82) is 5.26 Å². The zero-order chi connectivity index (χ0) is 10.9. The number of rotatable bonds is 2. The lowest BCUT2D eigenvalue weighted by Crippen LogP contribution is -2.38. The van der Waals surface area contributed by atoms with Crippen molar-refractivity contribution < 1.29 is 0 Å². The van der Waals surface area contributed by atoms with E-state index in [1.54, 1.807) is 0 Å². The van der Waals surface area contributed by atoms with Crippen LogP contribution in [0.3, 0.4) is 0 Å². The van der Waals surface area contributed by atoms with Crippen LogP contribution in [0.4, 0.5) is 0 Å². The Morgan fingerprint density at radius 3 is 3.00 bits per heavy atom. The normalized spacial score (nSPS) is 30.3. The Bertz CT molecular complexity index is 390. The fourth-order valence-electron chi connectivity index (χ4n) is 2.27. The van der Waals surface area contributed by atoms with Crippen LogP contribution in [-0.2, 0) is 0 Å².